The second-order valence-electron chi connectivity index (χ2n) is 8.10. The zero-order chi connectivity index (χ0) is 24.6. The van der Waals surface area contributed by atoms with Crippen LogP contribution in [0, 0.1) is 6.92 Å². The number of nitrogens with one attached hydrogen (secondary N) is 1. The molecule has 5 rings (SSSR count). The Bertz CT molecular complexity index is 1450. The molecule has 0 unspecified atom stereocenters. The normalized spacial score (nSPS) is 11.8. The van der Waals surface area contributed by atoms with Crippen molar-refractivity contribution >= 4 is 27.5 Å². The minimum absolute atomic E-state index is 0.265. The summed E-state index contributed by atoms with van der Waals surface area (Å²) in [6.07, 6.45) is -4.46. The Morgan fingerprint density at radius 1 is 0.914 bits per heavy atom. The maximum Gasteiger partial charge on any atom is 0.416 e. The molecule has 2 heterocycles. The molecule has 0 atom stereocenters. The van der Waals surface area contributed by atoms with E-state index in [-0.39, 0.29) is 17.6 Å². The molecule has 2 aromatic heterocycles. The molecule has 35 heavy (non-hydrogen) atoms. The van der Waals surface area contributed by atoms with Crippen LogP contribution >= 0.6 is 11.3 Å². The largest absolute Gasteiger partial charge is 0.416 e. The summed E-state index contributed by atoms with van der Waals surface area (Å²) in [6, 6.07) is 25.8. The number of benzene rings is 3. The Kier molecular flexibility index (Phi) is 5.90. The van der Waals surface area contributed by atoms with Crippen LogP contribution in [-0.4, -0.2) is 15.7 Å². The highest BCUT2D eigenvalue weighted by Crippen LogP contribution is 2.34. The number of hydrogen-bond donors (Lipinski definition) is 1. The summed E-state index contributed by atoms with van der Waals surface area (Å²) in [5.74, 6) is -0.265. The molecule has 0 aliphatic heterocycles. The van der Waals surface area contributed by atoms with Crippen LogP contribution in [0.25, 0.3) is 15.9 Å². The van der Waals surface area contributed by atoms with Gasteiger partial charge in [0.25, 0.3) is 5.91 Å². The van der Waals surface area contributed by atoms with Gasteiger partial charge in [0, 0.05) is 5.39 Å². The molecule has 0 saturated heterocycles. The van der Waals surface area contributed by atoms with Gasteiger partial charge in [0.15, 0.2) is 0 Å². The van der Waals surface area contributed by atoms with Gasteiger partial charge < -0.3 is 5.32 Å². The lowest BCUT2D eigenvalue weighted by Crippen LogP contribution is -2.28. The second kappa shape index (κ2) is 9.03. The van der Waals surface area contributed by atoms with Crippen molar-refractivity contribution in [3.05, 3.63) is 118 Å². The van der Waals surface area contributed by atoms with E-state index in [4.69, 9.17) is 0 Å². The van der Waals surface area contributed by atoms with Crippen LogP contribution in [0.1, 0.15) is 38.1 Å². The van der Waals surface area contributed by atoms with Crippen molar-refractivity contribution < 1.29 is 18.0 Å². The number of aromatic nitrogens is 2. The number of hydrogen-bond acceptors (Lipinski definition) is 3. The number of fused-ring (bicyclic) bond motifs is 1. The van der Waals surface area contributed by atoms with Gasteiger partial charge in [-0.25, -0.2) is 4.68 Å². The Morgan fingerprint density at radius 3 is 2.14 bits per heavy atom. The summed E-state index contributed by atoms with van der Waals surface area (Å²) in [5.41, 5.74) is 2.06. The van der Waals surface area contributed by atoms with Crippen LogP contribution in [0.3, 0.4) is 0 Å². The fraction of sp³-hybridized carbons (Fsp3) is 0.111. The fourth-order valence-electron chi connectivity index (χ4n) is 4.00. The summed E-state index contributed by atoms with van der Waals surface area (Å²) in [5, 5.41) is 8.28. The van der Waals surface area contributed by atoms with E-state index in [1.165, 1.54) is 22.1 Å². The quantitative estimate of drug-likeness (QED) is 0.290. The topological polar surface area (TPSA) is 46.9 Å². The monoisotopic (exact) mass is 491 g/mol. The maximum absolute atomic E-state index is 13.3. The van der Waals surface area contributed by atoms with Crippen LogP contribution < -0.4 is 5.32 Å². The lowest BCUT2D eigenvalue weighted by molar-refractivity contribution is -0.137. The van der Waals surface area contributed by atoms with Gasteiger partial charge in [-0.2, -0.15) is 18.3 Å². The molecule has 0 spiro atoms. The Labute approximate surface area is 203 Å². The first-order valence-electron chi connectivity index (χ1n) is 10.9. The van der Waals surface area contributed by atoms with E-state index in [0.717, 1.165) is 28.6 Å². The maximum atomic E-state index is 13.3. The van der Waals surface area contributed by atoms with E-state index >= 15 is 0 Å². The number of amides is 1. The number of nitrogens with zero attached hydrogens (tertiary/aromatic N) is 2. The van der Waals surface area contributed by atoms with Gasteiger partial charge in [0.2, 0.25) is 0 Å². The predicted molar refractivity (Wildman–Crippen MR) is 131 cm³/mol. The minimum Gasteiger partial charge on any atom is -0.340 e. The molecule has 0 fully saturated rings. The number of rotatable bonds is 5. The van der Waals surface area contributed by atoms with E-state index in [9.17, 15) is 18.0 Å². The highest BCUT2D eigenvalue weighted by Gasteiger charge is 2.31. The molecular formula is C27H20F3N3OS. The molecule has 8 heteroatoms. The lowest BCUT2D eigenvalue weighted by Gasteiger charge is -2.19. The van der Waals surface area contributed by atoms with Crippen LogP contribution in [-0.2, 0) is 6.18 Å². The molecule has 0 radical (unpaired) electrons. The molecule has 1 amide bonds. The zero-order valence-corrected chi connectivity index (χ0v) is 19.4. The smallest absolute Gasteiger partial charge is 0.340 e. The molecule has 0 bridgehead atoms. The Balaban J connectivity index is 1.51. The van der Waals surface area contributed by atoms with Crippen LogP contribution in [0.2, 0.25) is 0 Å². The average molecular weight is 492 g/mol. The van der Waals surface area contributed by atoms with Gasteiger partial charge in [0.1, 0.15) is 4.83 Å². The van der Waals surface area contributed by atoms with E-state index in [0.29, 0.717) is 15.4 Å². The number of halogens is 3. The Morgan fingerprint density at radius 2 is 1.54 bits per heavy atom. The van der Waals surface area contributed by atoms with Gasteiger partial charge in [-0.3, -0.25) is 4.79 Å². The van der Waals surface area contributed by atoms with Gasteiger partial charge in [-0.1, -0.05) is 66.7 Å². The number of thiophene rings is 1. The average Bonchev–Trinajstić information content (AvgIpc) is 3.44. The standard InChI is InChI=1S/C27H20F3N3OS/c1-17-22-16-23(35-26(22)33(32-17)21-14-8-13-20(15-21)27(28,29)30)25(34)31-24(18-9-4-2-5-10-18)19-11-6-3-7-12-19/h2-16,24H,1H3,(H,31,34). The number of carbonyl (C=O) groups excluding carboxylic acids is 1. The third-order valence-corrected chi connectivity index (χ3v) is 6.84. The van der Waals surface area contributed by atoms with Gasteiger partial charge in [-0.15, -0.1) is 11.3 Å². The zero-order valence-electron chi connectivity index (χ0n) is 18.6. The molecular weight excluding hydrogens is 471 g/mol. The molecule has 1 N–H and O–H groups in total. The molecule has 0 saturated carbocycles. The molecule has 5 aromatic rings. The van der Waals surface area contributed by atoms with Crippen molar-refractivity contribution in [2.75, 3.05) is 0 Å². The van der Waals surface area contributed by atoms with E-state index in [1.807, 2.05) is 60.7 Å². The SMILES string of the molecule is Cc1nn(-c2cccc(C(F)(F)F)c2)c2sc(C(=O)NC(c3ccccc3)c3ccccc3)cc12. The first-order valence-corrected chi connectivity index (χ1v) is 11.7. The molecule has 3 aromatic carbocycles. The van der Waals surface area contributed by atoms with Crippen molar-refractivity contribution in [3.63, 3.8) is 0 Å². The number of alkyl halides is 3. The molecule has 4 nitrogen and oxygen atoms in total. The molecule has 0 aliphatic rings. The fourth-order valence-corrected chi connectivity index (χ4v) is 5.09. The first kappa shape index (κ1) is 22.9. The van der Waals surface area contributed by atoms with Crippen LogP contribution in [0.5, 0.6) is 0 Å². The van der Waals surface area contributed by atoms with Gasteiger partial charge >= 0.3 is 6.18 Å². The number of aryl methyl sites for hydroxylation is 1. The van der Waals surface area contributed by atoms with Gasteiger partial charge in [-0.05, 0) is 42.3 Å². The summed E-state index contributed by atoms with van der Waals surface area (Å²) >= 11 is 1.20. The summed E-state index contributed by atoms with van der Waals surface area (Å²) in [6.45, 7) is 1.78. The van der Waals surface area contributed by atoms with E-state index in [1.54, 1.807) is 19.1 Å². The lowest BCUT2D eigenvalue weighted by atomic mass is 9.98. The third kappa shape index (κ3) is 4.57. The Hall–Kier alpha value is -3.91. The van der Waals surface area contributed by atoms with Crippen molar-refractivity contribution in [3.8, 4) is 5.69 Å². The minimum atomic E-state index is -4.46. The van der Waals surface area contributed by atoms with Crippen LogP contribution in [0.15, 0.2) is 91.0 Å². The number of carbonyl (C=O) groups is 1. The van der Waals surface area contributed by atoms with Crippen molar-refractivity contribution in [2.45, 2.75) is 19.1 Å². The summed E-state index contributed by atoms with van der Waals surface area (Å²) in [7, 11) is 0. The van der Waals surface area contributed by atoms with Crippen molar-refractivity contribution in [1.82, 2.24) is 15.1 Å². The van der Waals surface area contributed by atoms with Crippen molar-refractivity contribution in [1.29, 1.82) is 0 Å². The van der Waals surface area contributed by atoms with Gasteiger partial charge in [0.05, 0.1) is 27.9 Å². The molecule has 176 valence electrons. The predicted octanol–water partition coefficient (Wildman–Crippen LogP) is 6.93. The first-order chi connectivity index (χ1) is 16.8. The van der Waals surface area contributed by atoms with Crippen LogP contribution in [0.4, 0.5) is 13.2 Å². The summed E-state index contributed by atoms with van der Waals surface area (Å²) in [4.78, 5) is 14.4. The van der Waals surface area contributed by atoms with Crippen molar-refractivity contribution in [2.24, 2.45) is 0 Å². The second-order valence-corrected chi connectivity index (χ2v) is 9.13. The third-order valence-electron chi connectivity index (χ3n) is 5.73. The molecule has 0 aliphatic carbocycles. The summed E-state index contributed by atoms with van der Waals surface area (Å²) < 4.78 is 41.2. The highest BCUT2D eigenvalue weighted by molar-refractivity contribution is 7.20. The van der Waals surface area contributed by atoms with E-state index in [2.05, 4.69) is 10.4 Å². The van der Waals surface area contributed by atoms with E-state index < -0.39 is 11.7 Å². The highest BCUT2D eigenvalue weighted by atomic mass is 32.1.